The van der Waals surface area contributed by atoms with Crippen LogP contribution in [0.25, 0.3) is 10.9 Å². The van der Waals surface area contributed by atoms with E-state index in [0.29, 0.717) is 5.92 Å². The van der Waals surface area contributed by atoms with Gasteiger partial charge >= 0.3 is 0 Å². The molecule has 4 heteroatoms. The van der Waals surface area contributed by atoms with Crippen molar-refractivity contribution in [2.75, 3.05) is 19.8 Å². The summed E-state index contributed by atoms with van der Waals surface area (Å²) in [5, 5.41) is 4.14. The molecule has 0 spiro atoms. The van der Waals surface area contributed by atoms with Gasteiger partial charge in [0.25, 0.3) is 5.91 Å². The number of ether oxygens (including phenoxy) is 1. The van der Waals surface area contributed by atoms with Gasteiger partial charge in [-0.15, -0.1) is 0 Å². The van der Waals surface area contributed by atoms with Crippen LogP contribution in [0.4, 0.5) is 0 Å². The molecule has 1 aliphatic rings. The Morgan fingerprint density at radius 3 is 3.05 bits per heavy atom. The average Bonchev–Trinajstić information content (AvgIpc) is 3.08. The van der Waals surface area contributed by atoms with Gasteiger partial charge in [-0.2, -0.15) is 0 Å². The van der Waals surface area contributed by atoms with E-state index in [9.17, 15) is 4.79 Å². The number of aromatic amines is 1. The Labute approximate surface area is 124 Å². The van der Waals surface area contributed by atoms with Crippen molar-refractivity contribution in [2.45, 2.75) is 26.7 Å². The lowest BCUT2D eigenvalue weighted by Crippen LogP contribution is -2.26. The normalized spacial score (nSPS) is 18.3. The minimum atomic E-state index is 0.00840. The zero-order valence-electron chi connectivity index (χ0n) is 12.7. The van der Waals surface area contributed by atoms with E-state index < -0.39 is 0 Å². The van der Waals surface area contributed by atoms with Crippen LogP contribution in [0.2, 0.25) is 0 Å². The molecule has 1 saturated heterocycles. The first-order valence-electron chi connectivity index (χ1n) is 7.60. The molecular formula is C17H22N2O2. The van der Waals surface area contributed by atoms with E-state index >= 15 is 0 Å². The first-order chi connectivity index (χ1) is 10.1. The van der Waals surface area contributed by atoms with Crippen LogP contribution in [0.1, 0.15) is 34.5 Å². The van der Waals surface area contributed by atoms with E-state index in [1.54, 1.807) is 0 Å². The van der Waals surface area contributed by atoms with Gasteiger partial charge in [0.1, 0.15) is 0 Å². The number of fused-ring (bicyclic) bond motifs is 1. The molecule has 2 aromatic rings. The third-order valence-corrected chi connectivity index (χ3v) is 4.43. The molecule has 0 aliphatic carbocycles. The van der Waals surface area contributed by atoms with Gasteiger partial charge in [-0.1, -0.05) is 0 Å². The SMILES string of the molecule is Cc1[nH]c2ccc(C(=O)NCCC3CCOC3)cc2c1C. The standard InChI is InChI=1S/C17H22N2O2/c1-11-12(2)19-16-4-3-14(9-15(11)16)17(20)18-7-5-13-6-8-21-10-13/h3-4,9,13,19H,5-8,10H2,1-2H3,(H,18,20). The van der Waals surface area contributed by atoms with Crippen molar-refractivity contribution in [2.24, 2.45) is 5.92 Å². The molecule has 1 aromatic heterocycles. The lowest BCUT2D eigenvalue weighted by Gasteiger charge is -2.09. The summed E-state index contributed by atoms with van der Waals surface area (Å²) in [6.45, 7) is 6.55. The fraction of sp³-hybridized carbons (Fsp3) is 0.471. The van der Waals surface area contributed by atoms with Gasteiger partial charge in [0.2, 0.25) is 0 Å². The number of H-pyrrole nitrogens is 1. The predicted octanol–water partition coefficient (Wildman–Crippen LogP) is 2.94. The van der Waals surface area contributed by atoms with Gasteiger partial charge in [-0.05, 0) is 56.4 Å². The first-order valence-corrected chi connectivity index (χ1v) is 7.60. The first kappa shape index (κ1) is 14.1. The summed E-state index contributed by atoms with van der Waals surface area (Å²) in [7, 11) is 0. The Morgan fingerprint density at radius 2 is 2.29 bits per heavy atom. The molecule has 3 rings (SSSR count). The molecule has 0 saturated carbocycles. The van der Waals surface area contributed by atoms with Crippen molar-refractivity contribution in [3.05, 3.63) is 35.0 Å². The number of hydrogen-bond acceptors (Lipinski definition) is 2. The van der Waals surface area contributed by atoms with E-state index in [1.807, 2.05) is 18.2 Å². The number of aryl methyl sites for hydroxylation is 2. The fourth-order valence-corrected chi connectivity index (χ4v) is 2.91. The zero-order chi connectivity index (χ0) is 14.8. The molecule has 21 heavy (non-hydrogen) atoms. The zero-order valence-corrected chi connectivity index (χ0v) is 12.7. The maximum atomic E-state index is 12.2. The second-order valence-corrected chi connectivity index (χ2v) is 5.91. The highest BCUT2D eigenvalue weighted by Crippen LogP contribution is 2.22. The summed E-state index contributed by atoms with van der Waals surface area (Å²) in [6.07, 6.45) is 2.11. The number of carbonyl (C=O) groups excluding carboxylic acids is 1. The number of benzene rings is 1. The largest absolute Gasteiger partial charge is 0.381 e. The maximum absolute atomic E-state index is 12.2. The Balaban J connectivity index is 1.65. The lowest BCUT2D eigenvalue weighted by molar-refractivity contribution is 0.0950. The van der Waals surface area contributed by atoms with E-state index in [1.165, 1.54) is 5.56 Å². The summed E-state index contributed by atoms with van der Waals surface area (Å²) in [5.41, 5.74) is 4.18. The smallest absolute Gasteiger partial charge is 0.251 e. The summed E-state index contributed by atoms with van der Waals surface area (Å²) in [4.78, 5) is 15.6. The van der Waals surface area contributed by atoms with Crippen LogP contribution in [0.5, 0.6) is 0 Å². The Bertz CT molecular complexity index is 654. The molecular weight excluding hydrogens is 264 g/mol. The summed E-state index contributed by atoms with van der Waals surface area (Å²) >= 11 is 0. The maximum Gasteiger partial charge on any atom is 0.251 e. The van der Waals surface area contributed by atoms with Crippen LogP contribution < -0.4 is 5.32 Å². The number of carbonyl (C=O) groups is 1. The van der Waals surface area contributed by atoms with Crippen molar-refractivity contribution in [3.63, 3.8) is 0 Å². The molecule has 1 fully saturated rings. The molecule has 1 aliphatic heterocycles. The van der Waals surface area contributed by atoms with Gasteiger partial charge in [0, 0.05) is 41.9 Å². The topological polar surface area (TPSA) is 54.1 Å². The van der Waals surface area contributed by atoms with Gasteiger partial charge in [-0.25, -0.2) is 0 Å². The summed E-state index contributed by atoms with van der Waals surface area (Å²) < 4.78 is 5.35. The summed E-state index contributed by atoms with van der Waals surface area (Å²) in [5.74, 6) is 0.608. The number of rotatable bonds is 4. The highest BCUT2D eigenvalue weighted by atomic mass is 16.5. The molecule has 1 atom stereocenters. The fourth-order valence-electron chi connectivity index (χ4n) is 2.91. The molecule has 2 heterocycles. The minimum Gasteiger partial charge on any atom is -0.381 e. The van der Waals surface area contributed by atoms with Gasteiger partial charge < -0.3 is 15.0 Å². The van der Waals surface area contributed by atoms with Crippen molar-refractivity contribution >= 4 is 16.8 Å². The second-order valence-electron chi connectivity index (χ2n) is 5.91. The van der Waals surface area contributed by atoms with Crippen molar-refractivity contribution in [1.29, 1.82) is 0 Å². The molecule has 1 unspecified atom stereocenters. The average molecular weight is 286 g/mol. The lowest BCUT2D eigenvalue weighted by atomic mass is 10.1. The highest BCUT2D eigenvalue weighted by molar-refractivity contribution is 5.99. The quantitative estimate of drug-likeness (QED) is 0.908. The van der Waals surface area contributed by atoms with Crippen LogP contribution in [0, 0.1) is 19.8 Å². The molecule has 4 nitrogen and oxygen atoms in total. The minimum absolute atomic E-state index is 0.00840. The van der Waals surface area contributed by atoms with Crippen LogP contribution in [0.3, 0.4) is 0 Å². The molecule has 2 N–H and O–H groups in total. The second kappa shape index (κ2) is 5.90. The highest BCUT2D eigenvalue weighted by Gasteiger charge is 2.16. The van der Waals surface area contributed by atoms with Gasteiger partial charge in [0.05, 0.1) is 0 Å². The predicted molar refractivity (Wildman–Crippen MR) is 83.6 cm³/mol. The van der Waals surface area contributed by atoms with Crippen LogP contribution in [-0.4, -0.2) is 30.6 Å². The van der Waals surface area contributed by atoms with E-state index in [-0.39, 0.29) is 5.91 Å². The molecule has 1 aromatic carbocycles. The molecule has 0 radical (unpaired) electrons. The van der Waals surface area contributed by atoms with Crippen LogP contribution in [-0.2, 0) is 4.74 Å². The third-order valence-electron chi connectivity index (χ3n) is 4.43. The van der Waals surface area contributed by atoms with Crippen LogP contribution in [0.15, 0.2) is 18.2 Å². The monoisotopic (exact) mass is 286 g/mol. The van der Waals surface area contributed by atoms with Crippen LogP contribution >= 0.6 is 0 Å². The van der Waals surface area contributed by atoms with E-state index in [4.69, 9.17) is 4.74 Å². The molecule has 0 bridgehead atoms. The molecule has 112 valence electrons. The number of aromatic nitrogens is 1. The van der Waals surface area contributed by atoms with Gasteiger partial charge in [-0.3, -0.25) is 4.79 Å². The number of amides is 1. The summed E-state index contributed by atoms with van der Waals surface area (Å²) in [6, 6.07) is 5.84. The Kier molecular flexibility index (Phi) is 3.97. The van der Waals surface area contributed by atoms with E-state index in [2.05, 4.69) is 24.1 Å². The third kappa shape index (κ3) is 2.95. The van der Waals surface area contributed by atoms with Crippen molar-refractivity contribution in [3.8, 4) is 0 Å². The molecule has 1 amide bonds. The van der Waals surface area contributed by atoms with Crippen molar-refractivity contribution in [1.82, 2.24) is 10.3 Å². The van der Waals surface area contributed by atoms with Crippen molar-refractivity contribution < 1.29 is 9.53 Å². The Morgan fingerprint density at radius 1 is 1.43 bits per heavy atom. The van der Waals surface area contributed by atoms with E-state index in [0.717, 1.165) is 54.8 Å². The Hall–Kier alpha value is -1.81. The number of nitrogens with one attached hydrogen (secondary N) is 2. The number of hydrogen-bond donors (Lipinski definition) is 2. The van der Waals surface area contributed by atoms with Gasteiger partial charge in [0.15, 0.2) is 0 Å².